The molecular formula is C13H18BrN3O3. The topological polar surface area (TPSA) is 67.6 Å². The summed E-state index contributed by atoms with van der Waals surface area (Å²) < 4.78 is 6.42. The Hall–Kier alpha value is -1.18. The molecule has 1 aliphatic rings. The van der Waals surface area contributed by atoms with E-state index in [-0.39, 0.29) is 16.7 Å². The van der Waals surface area contributed by atoms with Crippen LogP contribution in [0.2, 0.25) is 0 Å². The molecule has 0 bridgehead atoms. The molecule has 0 radical (unpaired) electrons. The molecular weight excluding hydrogens is 326 g/mol. The average Bonchev–Trinajstić information content (AvgIpc) is 2.41. The van der Waals surface area contributed by atoms with E-state index in [4.69, 9.17) is 4.74 Å². The van der Waals surface area contributed by atoms with E-state index in [2.05, 4.69) is 26.1 Å². The minimum atomic E-state index is -0.354. The molecule has 0 aromatic heterocycles. The fourth-order valence-corrected chi connectivity index (χ4v) is 2.97. The second kappa shape index (κ2) is 6.51. The van der Waals surface area contributed by atoms with Gasteiger partial charge in [-0.2, -0.15) is 0 Å². The predicted molar refractivity (Wildman–Crippen MR) is 81.4 cm³/mol. The summed E-state index contributed by atoms with van der Waals surface area (Å²) in [5.41, 5.74) is 1.79. The number of morpholine rings is 1. The van der Waals surface area contributed by atoms with Gasteiger partial charge in [-0.05, 0) is 36.0 Å². The summed E-state index contributed by atoms with van der Waals surface area (Å²) in [6, 6.07) is 3.44. The number of nitrogens with zero attached hydrogens (tertiary/aromatic N) is 2. The van der Waals surface area contributed by atoms with Crippen LogP contribution in [0.15, 0.2) is 16.6 Å². The monoisotopic (exact) mass is 343 g/mol. The summed E-state index contributed by atoms with van der Waals surface area (Å²) in [5.74, 6) is 0. The zero-order valence-corrected chi connectivity index (χ0v) is 13.1. The van der Waals surface area contributed by atoms with Crippen LogP contribution in [-0.2, 0) is 4.74 Å². The molecule has 1 aromatic rings. The highest BCUT2D eigenvalue weighted by atomic mass is 79.9. The number of nitro benzene ring substituents is 1. The maximum absolute atomic E-state index is 10.9. The highest BCUT2D eigenvalue weighted by Crippen LogP contribution is 2.33. The number of benzene rings is 1. The van der Waals surface area contributed by atoms with E-state index in [0.717, 1.165) is 29.8 Å². The largest absolute Gasteiger partial charge is 0.373 e. The Kier molecular flexibility index (Phi) is 4.95. The van der Waals surface area contributed by atoms with Crippen molar-refractivity contribution >= 4 is 27.3 Å². The maximum Gasteiger partial charge on any atom is 0.273 e. The van der Waals surface area contributed by atoms with Gasteiger partial charge in [-0.15, -0.1) is 0 Å². The summed E-state index contributed by atoms with van der Waals surface area (Å²) in [6.45, 7) is 4.78. The third-order valence-corrected chi connectivity index (χ3v) is 4.01. The Morgan fingerprint density at radius 3 is 3.00 bits per heavy atom. The van der Waals surface area contributed by atoms with E-state index in [1.807, 2.05) is 13.1 Å². The average molecular weight is 344 g/mol. The molecule has 1 heterocycles. The lowest BCUT2D eigenvalue weighted by Gasteiger charge is -2.35. The van der Waals surface area contributed by atoms with Crippen molar-refractivity contribution in [3.8, 4) is 0 Å². The van der Waals surface area contributed by atoms with E-state index in [1.54, 1.807) is 13.0 Å². The quantitative estimate of drug-likeness (QED) is 0.669. The fourth-order valence-electron chi connectivity index (χ4n) is 2.38. The summed E-state index contributed by atoms with van der Waals surface area (Å²) in [4.78, 5) is 12.8. The summed E-state index contributed by atoms with van der Waals surface area (Å²) in [7, 11) is 1.90. The first-order valence-electron chi connectivity index (χ1n) is 6.48. The van der Waals surface area contributed by atoms with Crippen LogP contribution in [0.4, 0.5) is 11.4 Å². The van der Waals surface area contributed by atoms with Gasteiger partial charge in [0, 0.05) is 35.7 Å². The number of ether oxygens (including phenoxy) is 1. The molecule has 1 atom stereocenters. The third-order valence-electron chi connectivity index (χ3n) is 3.37. The Bertz CT molecular complexity index is 508. The molecule has 1 aliphatic heterocycles. The molecule has 1 aromatic carbocycles. The number of hydrogen-bond donors (Lipinski definition) is 1. The highest BCUT2D eigenvalue weighted by molar-refractivity contribution is 9.10. The van der Waals surface area contributed by atoms with Crippen molar-refractivity contribution < 1.29 is 9.66 Å². The molecule has 0 spiro atoms. The number of halogens is 1. The molecule has 2 rings (SSSR count). The Labute approximate surface area is 126 Å². The van der Waals surface area contributed by atoms with Crippen molar-refractivity contribution in [2.45, 2.75) is 13.0 Å². The number of anilines is 1. The molecule has 1 N–H and O–H groups in total. The van der Waals surface area contributed by atoms with Crippen LogP contribution in [-0.4, -0.2) is 44.3 Å². The van der Waals surface area contributed by atoms with Crippen LogP contribution in [0, 0.1) is 17.0 Å². The summed E-state index contributed by atoms with van der Waals surface area (Å²) in [5, 5.41) is 14.0. The van der Waals surface area contributed by atoms with Crippen molar-refractivity contribution in [2.75, 3.05) is 38.2 Å². The van der Waals surface area contributed by atoms with Gasteiger partial charge in [-0.1, -0.05) is 0 Å². The van der Waals surface area contributed by atoms with E-state index in [1.165, 1.54) is 0 Å². The number of likely N-dealkylation sites (N-methyl/N-ethyl adjacent to an activating group) is 1. The number of aryl methyl sites for hydroxylation is 1. The number of nitrogens with one attached hydrogen (secondary N) is 1. The van der Waals surface area contributed by atoms with E-state index in [0.29, 0.717) is 12.2 Å². The molecule has 0 saturated carbocycles. The predicted octanol–water partition coefficient (Wildman–Crippen LogP) is 2.09. The van der Waals surface area contributed by atoms with E-state index < -0.39 is 0 Å². The van der Waals surface area contributed by atoms with Crippen LogP contribution in [0.1, 0.15) is 5.56 Å². The van der Waals surface area contributed by atoms with Crippen LogP contribution >= 0.6 is 15.9 Å². The number of hydrogen-bond acceptors (Lipinski definition) is 5. The summed E-state index contributed by atoms with van der Waals surface area (Å²) in [6.07, 6.45) is 0.135. The second-order valence-corrected chi connectivity index (χ2v) is 5.70. The minimum absolute atomic E-state index is 0.135. The molecule has 1 saturated heterocycles. The van der Waals surface area contributed by atoms with Crippen LogP contribution in [0.3, 0.4) is 0 Å². The van der Waals surface area contributed by atoms with Crippen molar-refractivity contribution in [3.05, 3.63) is 32.3 Å². The maximum atomic E-state index is 10.9. The second-order valence-electron chi connectivity index (χ2n) is 4.84. The highest BCUT2D eigenvalue weighted by Gasteiger charge is 2.23. The molecule has 6 nitrogen and oxygen atoms in total. The van der Waals surface area contributed by atoms with Gasteiger partial charge in [0.1, 0.15) is 0 Å². The molecule has 0 amide bonds. The lowest BCUT2D eigenvalue weighted by Crippen LogP contribution is -2.46. The first kappa shape index (κ1) is 15.2. The number of nitro groups is 1. The molecule has 110 valence electrons. The minimum Gasteiger partial charge on any atom is -0.373 e. The van der Waals surface area contributed by atoms with Gasteiger partial charge < -0.3 is 15.0 Å². The van der Waals surface area contributed by atoms with Gasteiger partial charge in [-0.25, -0.2) is 0 Å². The Morgan fingerprint density at radius 2 is 2.35 bits per heavy atom. The standard InChI is InChI=1S/C13H18BrN3O3/c1-9-5-13(11(14)6-12(9)17(18)19)16-3-4-20-10(8-16)7-15-2/h5-6,10,15H,3-4,7-8H2,1-2H3. The Morgan fingerprint density at radius 1 is 1.60 bits per heavy atom. The summed E-state index contributed by atoms with van der Waals surface area (Å²) >= 11 is 3.44. The smallest absolute Gasteiger partial charge is 0.273 e. The molecule has 7 heteroatoms. The van der Waals surface area contributed by atoms with Gasteiger partial charge >= 0.3 is 0 Å². The molecule has 1 unspecified atom stereocenters. The first-order chi connectivity index (χ1) is 9.52. The van der Waals surface area contributed by atoms with Crippen LogP contribution in [0.5, 0.6) is 0 Å². The number of rotatable bonds is 4. The molecule has 20 heavy (non-hydrogen) atoms. The fraction of sp³-hybridized carbons (Fsp3) is 0.538. The van der Waals surface area contributed by atoms with Gasteiger partial charge in [-0.3, -0.25) is 10.1 Å². The lowest BCUT2D eigenvalue weighted by molar-refractivity contribution is -0.385. The van der Waals surface area contributed by atoms with E-state index >= 15 is 0 Å². The molecule has 0 aliphatic carbocycles. The molecule has 1 fully saturated rings. The van der Waals surface area contributed by atoms with Gasteiger partial charge in [0.2, 0.25) is 0 Å². The van der Waals surface area contributed by atoms with Crippen molar-refractivity contribution in [1.82, 2.24) is 5.32 Å². The van der Waals surface area contributed by atoms with Crippen molar-refractivity contribution in [2.24, 2.45) is 0 Å². The van der Waals surface area contributed by atoms with Crippen LogP contribution < -0.4 is 10.2 Å². The first-order valence-corrected chi connectivity index (χ1v) is 7.28. The zero-order chi connectivity index (χ0) is 14.7. The van der Waals surface area contributed by atoms with Crippen molar-refractivity contribution in [3.63, 3.8) is 0 Å². The van der Waals surface area contributed by atoms with Crippen LogP contribution in [0.25, 0.3) is 0 Å². The van der Waals surface area contributed by atoms with Gasteiger partial charge in [0.15, 0.2) is 0 Å². The van der Waals surface area contributed by atoms with E-state index in [9.17, 15) is 10.1 Å². The third kappa shape index (κ3) is 3.28. The lowest BCUT2D eigenvalue weighted by atomic mass is 10.1. The zero-order valence-electron chi connectivity index (χ0n) is 11.6. The Balaban J connectivity index is 2.24. The van der Waals surface area contributed by atoms with Gasteiger partial charge in [0.25, 0.3) is 5.69 Å². The van der Waals surface area contributed by atoms with Crippen molar-refractivity contribution in [1.29, 1.82) is 0 Å². The normalized spacial score (nSPS) is 19.1. The van der Waals surface area contributed by atoms with Gasteiger partial charge in [0.05, 0.1) is 23.3 Å². The SMILES string of the molecule is CNCC1CN(c2cc(C)c([N+](=O)[O-])cc2Br)CCO1.